The van der Waals surface area contributed by atoms with Gasteiger partial charge in [0.05, 0.1) is 18.8 Å². The molecule has 1 N–H and O–H groups in total. The molecule has 1 aromatic carbocycles. The fraction of sp³-hybridized carbons (Fsp3) is 0.368. The van der Waals surface area contributed by atoms with Crippen molar-refractivity contribution in [3.63, 3.8) is 0 Å². The van der Waals surface area contributed by atoms with E-state index < -0.39 is 0 Å². The summed E-state index contributed by atoms with van der Waals surface area (Å²) in [6.07, 6.45) is 1.50. The lowest BCUT2D eigenvalue weighted by Gasteiger charge is -2.34. The molecule has 1 aliphatic rings. The number of halogens is 1. The molecule has 0 aliphatic carbocycles. The molecular formula is C19H22BrN3O3. The van der Waals surface area contributed by atoms with E-state index in [0.717, 1.165) is 10.0 Å². The molecule has 1 aromatic heterocycles. The van der Waals surface area contributed by atoms with Gasteiger partial charge in [0.15, 0.2) is 5.76 Å². The van der Waals surface area contributed by atoms with Crippen molar-refractivity contribution in [3.05, 3.63) is 58.5 Å². The summed E-state index contributed by atoms with van der Waals surface area (Å²) >= 11 is 3.41. The Morgan fingerprint density at radius 2 is 1.85 bits per heavy atom. The van der Waals surface area contributed by atoms with Crippen LogP contribution in [0.25, 0.3) is 0 Å². The largest absolute Gasteiger partial charge is 0.459 e. The van der Waals surface area contributed by atoms with Gasteiger partial charge >= 0.3 is 0 Å². The minimum absolute atomic E-state index is 0.00812. The number of rotatable bonds is 5. The summed E-state index contributed by atoms with van der Waals surface area (Å²) in [5.41, 5.74) is 1.07. The molecular weight excluding hydrogens is 398 g/mol. The second kappa shape index (κ2) is 8.51. The zero-order valence-electron chi connectivity index (χ0n) is 14.7. The summed E-state index contributed by atoms with van der Waals surface area (Å²) in [6.45, 7) is 4.84. The van der Waals surface area contributed by atoms with Crippen molar-refractivity contribution in [1.29, 1.82) is 0 Å². The number of hydrogen-bond acceptors (Lipinski definition) is 4. The van der Waals surface area contributed by atoms with Gasteiger partial charge in [0, 0.05) is 30.7 Å². The third-order valence-electron chi connectivity index (χ3n) is 4.51. The molecule has 6 nitrogen and oxygen atoms in total. The van der Waals surface area contributed by atoms with E-state index >= 15 is 0 Å². The molecule has 1 fully saturated rings. The van der Waals surface area contributed by atoms with Crippen molar-refractivity contribution >= 4 is 27.7 Å². The molecule has 26 heavy (non-hydrogen) atoms. The highest BCUT2D eigenvalue weighted by molar-refractivity contribution is 9.10. The van der Waals surface area contributed by atoms with Gasteiger partial charge in [-0.1, -0.05) is 28.1 Å². The van der Waals surface area contributed by atoms with Crippen LogP contribution in [0.1, 0.15) is 29.1 Å². The Kier molecular flexibility index (Phi) is 6.11. The zero-order chi connectivity index (χ0) is 18.5. The standard InChI is InChI=1S/C19H22BrN3O3/c1-14(15-4-6-16(20)7-5-15)21-18(24)13-22-8-10-23(11-9-22)19(25)17-3-2-12-26-17/h2-7,12,14H,8-11,13H2,1H3,(H,21,24)/t14-/m0/s1. The molecule has 2 heterocycles. The van der Waals surface area contributed by atoms with E-state index in [1.165, 1.54) is 6.26 Å². The molecule has 0 spiro atoms. The molecule has 0 bridgehead atoms. The Morgan fingerprint density at radius 1 is 1.15 bits per heavy atom. The lowest BCUT2D eigenvalue weighted by atomic mass is 10.1. The number of nitrogens with zero attached hydrogens (tertiary/aromatic N) is 2. The van der Waals surface area contributed by atoms with Crippen molar-refractivity contribution in [2.45, 2.75) is 13.0 Å². The fourth-order valence-corrected chi connectivity index (χ4v) is 3.25. The van der Waals surface area contributed by atoms with E-state index in [2.05, 4.69) is 26.1 Å². The molecule has 7 heteroatoms. The Balaban J connectivity index is 1.44. The summed E-state index contributed by atoms with van der Waals surface area (Å²) in [5, 5.41) is 3.03. The first-order valence-electron chi connectivity index (χ1n) is 8.63. The van der Waals surface area contributed by atoms with Crippen molar-refractivity contribution in [2.24, 2.45) is 0 Å². The Hall–Kier alpha value is -2.12. The van der Waals surface area contributed by atoms with Crippen LogP contribution >= 0.6 is 15.9 Å². The summed E-state index contributed by atoms with van der Waals surface area (Å²) in [5.74, 6) is 0.258. The van der Waals surface area contributed by atoms with E-state index in [0.29, 0.717) is 38.5 Å². The molecule has 0 saturated carbocycles. The van der Waals surface area contributed by atoms with E-state index in [4.69, 9.17) is 4.42 Å². The van der Waals surface area contributed by atoms with Crippen molar-refractivity contribution in [2.75, 3.05) is 32.7 Å². The summed E-state index contributed by atoms with van der Waals surface area (Å²) in [7, 11) is 0. The number of benzene rings is 1. The van der Waals surface area contributed by atoms with Gasteiger partial charge < -0.3 is 14.6 Å². The van der Waals surface area contributed by atoms with Crippen LogP contribution in [0.15, 0.2) is 51.6 Å². The van der Waals surface area contributed by atoms with Crippen molar-refractivity contribution < 1.29 is 14.0 Å². The highest BCUT2D eigenvalue weighted by Crippen LogP contribution is 2.16. The minimum Gasteiger partial charge on any atom is -0.459 e. The van der Waals surface area contributed by atoms with E-state index in [1.54, 1.807) is 17.0 Å². The monoisotopic (exact) mass is 419 g/mol. The van der Waals surface area contributed by atoms with Gasteiger partial charge in [-0.2, -0.15) is 0 Å². The van der Waals surface area contributed by atoms with E-state index in [1.807, 2.05) is 31.2 Å². The summed E-state index contributed by atoms with van der Waals surface area (Å²) in [4.78, 5) is 28.4. The number of furan rings is 1. The molecule has 1 atom stereocenters. The summed E-state index contributed by atoms with van der Waals surface area (Å²) < 4.78 is 6.18. The maximum absolute atomic E-state index is 12.3. The van der Waals surface area contributed by atoms with Crippen LogP contribution in [0.5, 0.6) is 0 Å². The van der Waals surface area contributed by atoms with E-state index in [9.17, 15) is 9.59 Å². The van der Waals surface area contributed by atoms with Gasteiger partial charge in [-0.05, 0) is 36.8 Å². The molecule has 3 rings (SSSR count). The van der Waals surface area contributed by atoms with Gasteiger partial charge in [-0.15, -0.1) is 0 Å². The van der Waals surface area contributed by atoms with Gasteiger partial charge in [0.25, 0.3) is 5.91 Å². The average Bonchev–Trinajstić information content (AvgIpc) is 3.17. The first kappa shape index (κ1) is 18.7. The maximum atomic E-state index is 12.3. The van der Waals surface area contributed by atoms with Crippen LogP contribution in [0.2, 0.25) is 0 Å². The normalized spacial score (nSPS) is 16.3. The minimum atomic E-state index is -0.0945. The van der Waals surface area contributed by atoms with Crippen LogP contribution in [0.3, 0.4) is 0 Å². The van der Waals surface area contributed by atoms with Gasteiger partial charge in [0.1, 0.15) is 0 Å². The Bertz CT molecular complexity index is 738. The average molecular weight is 420 g/mol. The number of piperazine rings is 1. The second-order valence-corrected chi connectivity index (χ2v) is 7.30. The third-order valence-corrected chi connectivity index (χ3v) is 5.03. The van der Waals surface area contributed by atoms with Gasteiger partial charge in [0.2, 0.25) is 5.91 Å². The molecule has 0 unspecified atom stereocenters. The zero-order valence-corrected chi connectivity index (χ0v) is 16.2. The van der Waals surface area contributed by atoms with Gasteiger partial charge in [-0.25, -0.2) is 0 Å². The Morgan fingerprint density at radius 3 is 2.46 bits per heavy atom. The molecule has 0 radical (unpaired) electrons. The first-order valence-corrected chi connectivity index (χ1v) is 9.42. The van der Waals surface area contributed by atoms with Gasteiger partial charge in [-0.3, -0.25) is 14.5 Å². The lowest BCUT2D eigenvalue weighted by Crippen LogP contribution is -2.51. The molecule has 2 aromatic rings. The first-order chi connectivity index (χ1) is 12.5. The van der Waals surface area contributed by atoms with Crippen LogP contribution in [-0.2, 0) is 4.79 Å². The highest BCUT2D eigenvalue weighted by Gasteiger charge is 2.24. The van der Waals surface area contributed by atoms with Crippen LogP contribution < -0.4 is 5.32 Å². The Labute approximate surface area is 161 Å². The fourth-order valence-electron chi connectivity index (χ4n) is 2.99. The van der Waals surface area contributed by atoms with Crippen molar-refractivity contribution in [1.82, 2.24) is 15.1 Å². The highest BCUT2D eigenvalue weighted by atomic mass is 79.9. The quantitative estimate of drug-likeness (QED) is 0.808. The lowest BCUT2D eigenvalue weighted by molar-refractivity contribution is -0.123. The topological polar surface area (TPSA) is 65.8 Å². The maximum Gasteiger partial charge on any atom is 0.289 e. The predicted octanol–water partition coefficient (Wildman–Crippen LogP) is 2.68. The number of carbonyl (C=O) groups excluding carboxylic acids is 2. The van der Waals surface area contributed by atoms with Crippen molar-refractivity contribution in [3.8, 4) is 0 Å². The smallest absolute Gasteiger partial charge is 0.289 e. The molecule has 1 aliphatic heterocycles. The second-order valence-electron chi connectivity index (χ2n) is 6.39. The number of nitrogens with one attached hydrogen (secondary N) is 1. The number of amides is 2. The van der Waals surface area contributed by atoms with E-state index in [-0.39, 0.29) is 17.9 Å². The SMILES string of the molecule is C[C@H](NC(=O)CN1CCN(C(=O)c2ccco2)CC1)c1ccc(Br)cc1. The number of hydrogen-bond donors (Lipinski definition) is 1. The van der Waals surface area contributed by atoms with Crippen LogP contribution in [0, 0.1) is 0 Å². The number of carbonyl (C=O) groups is 2. The van der Waals surface area contributed by atoms with Crippen LogP contribution in [0.4, 0.5) is 0 Å². The molecule has 138 valence electrons. The third kappa shape index (κ3) is 4.74. The predicted molar refractivity (Wildman–Crippen MR) is 102 cm³/mol. The molecule has 2 amide bonds. The van der Waals surface area contributed by atoms with Crippen LogP contribution in [-0.4, -0.2) is 54.3 Å². The molecule has 1 saturated heterocycles. The summed E-state index contributed by atoms with van der Waals surface area (Å²) in [6, 6.07) is 11.3.